The molecule has 1 heterocycles. The number of carbonyl (C=O) groups is 1. The molecule has 0 aliphatic carbocycles. The van der Waals surface area contributed by atoms with Gasteiger partial charge in [-0.25, -0.2) is 0 Å². The third-order valence-corrected chi connectivity index (χ3v) is 5.34. The van der Waals surface area contributed by atoms with Gasteiger partial charge in [-0.3, -0.25) is 4.79 Å². The molecule has 1 amide bonds. The van der Waals surface area contributed by atoms with Crippen molar-refractivity contribution < 1.29 is 14.3 Å². The lowest BCUT2D eigenvalue weighted by atomic mass is 10.1. The van der Waals surface area contributed by atoms with E-state index in [9.17, 15) is 4.79 Å². The van der Waals surface area contributed by atoms with Crippen LogP contribution in [-0.4, -0.2) is 44.1 Å². The van der Waals surface area contributed by atoms with Crippen LogP contribution in [0.5, 0.6) is 11.5 Å². The number of nitrogens with zero attached hydrogens (tertiary/aromatic N) is 2. The Morgan fingerprint density at radius 2 is 1.53 bits per heavy atom. The van der Waals surface area contributed by atoms with Crippen molar-refractivity contribution in [3.05, 3.63) is 90.0 Å². The number of anilines is 1. The van der Waals surface area contributed by atoms with Gasteiger partial charge in [-0.15, -0.1) is 0 Å². The molecule has 4 rings (SSSR count). The van der Waals surface area contributed by atoms with Crippen molar-refractivity contribution in [2.24, 2.45) is 0 Å². The molecule has 1 aliphatic heterocycles. The molecule has 0 spiro atoms. The van der Waals surface area contributed by atoms with Crippen molar-refractivity contribution in [1.29, 1.82) is 0 Å². The lowest BCUT2D eigenvalue weighted by Gasteiger charge is -2.36. The zero-order chi connectivity index (χ0) is 20.8. The molecule has 1 saturated heterocycles. The van der Waals surface area contributed by atoms with E-state index in [0.29, 0.717) is 12.2 Å². The maximum absolute atomic E-state index is 12.9. The highest BCUT2D eigenvalue weighted by atomic mass is 16.5. The van der Waals surface area contributed by atoms with Crippen molar-refractivity contribution >= 4 is 11.6 Å². The van der Waals surface area contributed by atoms with Gasteiger partial charge in [-0.1, -0.05) is 36.4 Å². The molecule has 1 aliphatic rings. The van der Waals surface area contributed by atoms with E-state index >= 15 is 0 Å². The molecular formula is C25H26N2O3. The molecule has 0 radical (unpaired) electrons. The van der Waals surface area contributed by atoms with E-state index in [-0.39, 0.29) is 5.91 Å². The predicted molar refractivity (Wildman–Crippen MR) is 118 cm³/mol. The molecule has 3 aromatic rings. The normalized spacial score (nSPS) is 13.8. The fourth-order valence-electron chi connectivity index (χ4n) is 3.59. The summed E-state index contributed by atoms with van der Waals surface area (Å²) in [5, 5.41) is 0. The first-order valence-electron chi connectivity index (χ1n) is 10.2. The monoisotopic (exact) mass is 402 g/mol. The van der Waals surface area contributed by atoms with Gasteiger partial charge >= 0.3 is 0 Å². The van der Waals surface area contributed by atoms with Crippen LogP contribution in [0.15, 0.2) is 78.9 Å². The minimum Gasteiger partial charge on any atom is -0.497 e. The molecular weight excluding hydrogens is 376 g/mol. The molecule has 154 valence electrons. The Hall–Kier alpha value is -3.47. The number of carbonyl (C=O) groups excluding carboxylic acids is 1. The third-order valence-electron chi connectivity index (χ3n) is 5.34. The molecule has 0 bridgehead atoms. The Morgan fingerprint density at radius 3 is 2.23 bits per heavy atom. The minimum atomic E-state index is 0.0861. The maximum atomic E-state index is 12.9. The Morgan fingerprint density at radius 1 is 0.833 bits per heavy atom. The van der Waals surface area contributed by atoms with Crippen LogP contribution in [0, 0.1) is 0 Å². The first-order chi connectivity index (χ1) is 14.7. The van der Waals surface area contributed by atoms with Crippen LogP contribution in [0.3, 0.4) is 0 Å². The van der Waals surface area contributed by atoms with Crippen molar-refractivity contribution in [2.45, 2.75) is 6.61 Å². The Labute approximate surface area is 177 Å². The van der Waals surface area contributed by atoms with Gasteiger partial charge in [0.25, 0.3) is 5.91 Å². The summed E-state index contributed by atoms with van der Waals surface area (Å²) in [7, 11) is 1.64. The minimum absolute atomic E-state index is 0.0861. The second kappa shape index (κ2) is 9.35. The molecule has 30 heavy (non-hydrogen) atoms. The van der Waals surface area contributed by atoms with Crippen molar-refractivity contribution in [2.75, 3.05) is 38.2 Å². The van der Waals surface area contributed by atoms with E-state index < -0.39 is 0 Å². The van der Waals surface area contributed by atoms with E-state index in [1.54, 1.807) is 7.11 Å². The number of para-hydroxylation sites is 1. The summed E-state index contributed by atoms with van der Waals surface area (Å²) in [6.07, 6.45) is 0. The lowest BCUT2D eigenvalue weighted by molar-refractivity contribution is 0.0746. The fraction of sp³-hybridized carbons (Fsp3) is 0.240. The van der Waals surface area contributed by atoms with Gasteiger partial charge in [0.15, 0.2) is 0 Å². The van der Waals surface area contributed by atoms with Crippen LogP contribution in [0.25, 0.3) is 0 Å². The summed E-state index contributed by atoms with van der Waals surface area (Å²) in [5.41, 5.74) is 2.95. The molecule has 3 aromatic carbocycles. The molecule has 0 unspecified atom stereocenters. The maximum Gasteiger partial charge on any atom is 0.253 e. The molecule has 1 fully saturated rings. The van der Waals surface area contributed by atoms with Gasteiger partial charge in [-0.2, -0.15) is 0 Å². The van der Waals surface area contributed by atoms with E-state index in [2.05, 4.69) is 17.0 Å². The summed E-state index contributed by atoms with van der Waals surface area (Å²) >= 11 is 0. The van der Waals surface area contributed by atoms with Gasteiger partial charge in [0.05, 0.1) is 7.11 Å². The van der Waals surface area contributed by atoms with Gasteiger partial charge in [0.1, 0.15) is 18.1 Å². The average molecular weight is 402 g/mol. The number of methoxy groups -OCH3 is 1. The summed E-state index contributed by atoms with van der Waals surface area (Å²) in [5.74, 6) is 1.61. The van der Waals surface area contributed by atoms with Gasteiger partial charge in [-0.05, 0) is 42.0 Å². The third kappa shape index (κ3) is 4.74. The first kappa shape index (κ1) is 19.8. The van der Waals surface area contributed by atoms with Crippen LogP contribution in [0.4, 0.5) is 5.69 Å². The largest absolute Gasteiger partial charge is 0.497 e. The zero-order valence-corrected chi connectivity index (χ0v) is 17.2. The highest BCUT2D eigenvalue weighted by Crippen LogP contribution is 2.21. The van der Waals surface area contributed by atoms with E-state index in [1.807, 2.05) is 71.6 Å². The average Bonchev–Trinajstić information content (AvgIpc) is 2.83. The summed E-state index contributed by atoms with van der Waals surface area (Å²) in [6.45, 7) is 3.60. The number of ether oxygens (including phenoxy) is 2. The zero-order valence-electron chi connectivity index (χ0n) is 17.2. The second-order valence-corrected chi connectivity index (χ2v) is 7.28. The number of piperazine rings is 1. The molecule has 5 nitrogen and oxygen atoms in total. The van der Waals surface area contributed by atoms with E-state index in [4.69, 9.17) is 9.47 Å². The molecule has 0 N–H and O–H groups in total. The lowest BCUT2D eigenvalue weighted by Crippen LogP contribution is -2.48. The molecule has 0 atom stereocenters. The van der Waals surface area contributed by atoms with Crippen molar-refractivity contribution in [3.8, 4) is 11.5 Å². The van der Waals surface area contributed by atoms with E-state index in [1.165, 1.54) is 5.69 Å². The Bertz CT molecular complexity index is 965. The van der Waals surface area contributed by atoms with Crippen molar-refractivity contribution in [1.82, 2.24) is 4.90 Å². The molecule has 0 saturated carbocycles. The summed E-state index contributed by atoms with van der Waals surface area (Å²) in [4.78, 5) is 17.1. The van der Waals surface area contributed by atoms with Crippen LogP contribution in [0.1, 0.15) is 15.9 Å². The highest BCUT2D eigenvalue weighted by molar-refractivity contribution is 5.94. The number of benzene rings is 3. The van der Waals surface area contributed by atoms with Crippen LogP contribution in [0.2, 0.25) is 0 Å². The van der Waals surface area contributed by atoms with Gasteiger partial charge in [0, 0.05) is 43.5 Å². The first-order valence-corrected chi connectivity index (χ1v) is 10.2. The molecule has 5 heteroatoms. The fourth-order valence-corrected chi connectivity index (χ4v) is 3.59. The Kier molecular flexibility index (Phi) is 6.18. The van der Waals surface area contributed by atoms with Crippen molar-refractivity contribution in [3.63, 3.8) is 0 Å². The quantitative estimate of drug-likeness (QED) is 0.619. The van der Waals surface area contributed by atoms with Crippen LogP contribution >= 0.6 is 0 Å². The molecule has 0 aromatic heterocycles. The van der Waals surface area contributed by atoms with Gasteiger partial charge < -0.3 is 19.3 Å². The van der Waals surface area contributed by atoms with Crippen LogP contribution < -0.4 is 14.4 Å². The number of hydrogen-bond donors (Lipinski definition) is 0. The number of amides is 1. The van der Waals surface area contributed by atoms with E-state index in [0.717, 1.165) is 43.2 Å². The smallest absolute Gasteiger partial charge is 0.253 e. The number of rotatable bonds is 6. The summed E-state index contributed by atoms with van der Waals surface area (Å²) < 4.78 is 11.0. The standard InChI is InChI=1S/C25H26N2O3/c1-29-23-8-5-9-24(18-23)30-19-20-10-12-21(13-11-20)25(28)27-16-14-26(15-17-27)22-6-3-2-4-7-22/h2-13,18H,14-17,19H2,1H3. The number of hydrogen-bond acceptors (Lipinski definition) is 4. The topological polar surface area (TPSA) is 42.0 Å². The SMILES string of the molecule is COc1cccc(OCc2ccc(C(=O)N3CCN(c4ccccc4)CC3)cc2)c1. The van der Waals surface area contributed by atoms with Gasteiger partial charge in [0.2, 0.25) is 0 Å². The predicted octanol–water partition coefficient (Wildman–Crippen LogP) is 4.24. The summed E-state index contributed by atoms with van der Waals surface area (Å²) in [6, 6.07) is 25.6. The van der Waals surface area contributed by atoms with Crippen LogP contribution in [-0.2, 0) is 6.61 Å². The Balaban J connectivity index is 1.31. The highest BCUT2D eigenvalue weighted by Gasteiger charge is 2.22. The second-order valence-electron chi connectivity index (χ2n) is 7.28.